The van der Waals surface area contributed by atoms with Gasteiger partial charge in [-0.05, 0) is 49.4 Å². The van der Waals surface area contributed by atoms with Crippen LogP contribution in [0, 0.1) is 0 Å². The summed E-state index contributed by atoms with van der Waals surface area (Å²) in [6.07, 6.45) is 0. The van der Waals surface area contributed by atoms with Crippen molar-refractivity contribution in [1.29, 1.82) is 0 Å². The minimum atomic E-state index is -0.195. The highest BCUT2D eigenvalue weighted by atomic mass is 16.7. The van der Waals surface area contributed by atoms with Gasteiger partial charge in [0.05, 0.1) is 20.3 Å². The van der Waals surface area contributed by atoms with Gasteiger partial charge >= 0.3 is 0 Å². The summed E-state index contributed by atoms with van der Waals surface area (Å²) >= 11 is 0. The average molecular weight is 398 g/mol. The first-order valence-electron chi connectivity index (χ1n) is 10.0. The maximum Gasteiger partial charge on any atom is 0.282 e. The van der Waals surface area contributed by atoms with Gasteiger partial charge in [0.15, 0.2) is 17.5 Å². The maximum atomic E-state index is 12.7. The number of hydrogen-bond donors (Lipinski definition) is 2. The predicted molar refractivity (Wildman–Crippen MR) is 111 cm³/mol. The fraction of sp³-hybridized carbons (Fsp3) is 0.409. The lowest BCUT2D eigenvalue weighted by molar-refractivity contribution is -0.907. The molecule has 1 saturated heterocycles. The van der Waals surface area contributed by atoms with Crippen LogP contribution in [0.25, 0.3) is 0 Å². The van der Waals surface area contributed by atoms with Crippen LogP contribution in [0.15, 0.2) is 42.5 Å². The molecular formula is C22H28N3O4+. The summed E-state index contributed by atoms with van der Waals surface area (Å²) in [5, 5.41) is 3.03. The van der Waals surface area contributed by atoms with E-state index in [0.717, 1.165) is 66.2 Å². The SMILES string of the molecule is C[C@H](C(=O)Nc1ccc(N2CCOCC2)cc1)[NH+](C)Cc1ccc2c(c1)OCO2. The number of morpholine rings is 1. The van der Waals surface area contributed by atoms with Crippen LogP contribution >= 0.6 is 0 Å². The molecule has 7 nitrogen and oxygen atoms in total. The number of rotatable bonds is 6. The second kappa shape index (κ2) is 8.71. The van der Waals surface area contributed by atoms with Gasteiger partial charge in [-0.3, -0.25) is 4.79 Å². The maximum absolute atomic E-state index is 12.7. The van der Waals surface area contributed by atoms with E-state index < -0.39 is 0 Å². The Morgan fingerprint density at radius 2 is 1.83 bits per heavy atom. The van der Waals surface area contributed by atoms with Gasteiger partial charge in [-0.25, -0.2) is 0 Å². The number of anilines is 2. The third-order valence-electron chi connectivity index (χ3n) is 5.56. The largest absolute Gasteiger partial charge is 0.454 e. The molecule has 2 aromatic rings. The number of nitrogens with one attached hydrogen (secondary N) is 2. The van der Waals surface area contributed by atoms with E-state index in [0.29, 0.717) is 0 Å². The molecule has 1 amide bonds. The highest BCUT2D eigenvalue weighted by molar-refractivity contribution is 5.93. The lowest BCUT2D eigenvalue weighted by Gasteiger charge is -2.29. The molecule has 0 radical (unpaired) electrons. The van der Waals surface area contributed by atoms with Gasteiger partial charge in [0.2, 0.25) is 6.79 Å². The summed E-state index contributed by atoms with van der Waals surface area (Å²) < 4.78 is 16.2. The van der Waals surface area contributed by atoms with Crippen LogP contribution in [0.2, 0.25) is 0 Å². The van der Waals surface area contributed by atoms with Crippen molar-refractivity contribution in [1.82, 2.24) is 0 Å². The minimum absolute atomic E-state index is 0.00219. The summed E-state index contributed by atoms with van der Waals surface area (Å²) in [6.45, 7) is 6.25. The lowest BCUT2D eigenvalue weighted by Crippen LogP contribution is -3.12. The van der Waals surface area contributed by atoms with E-state index >= 15 is 0 Å². The normalized spacial score (nSPS) is 17.7. The Bertz CT molecular complexity index is 850. The molecule has 0 spiro atoms. The second-order valence-electron chi connectivity index (χ2n) is 7.57. The van der Waals surface area contributed by atoms with Crippen molar-refractivity contribution < 1.29 is 23.9 Å². The van der Waals surface area contributed by atoms with Gasteiger partial charge < -0.3 is 29.3 Å². The van der Waals surface area contributed by atoms with Gasteiger partial charge in [-0.15, -0.1) is 0 Å². The van der Waals surface area contributed by atoms with Crippen molar-refractivity contribution in [3.05, 3.63) is 48.0 Å². The number of likely N-dealkylation sites (N-methyl/N-ethyl adjacent to an activating group) is 1. The smallest absolute Gasteiger partial charge is 0.282 e. The van der Waals surface area contributed by atoms with E-state index in [2.05, 4.69) is 22.3 Å². The number of hydrogen-bond acceptors (Lipinski definition) is 5. The van der Waals surface area contributed by atoms with E-state index in [-0.39, 0.29) is 18.7 Å². The summed E-state index contributed by atoms with van der Waals surface area (Å²) in [5.41, 5.74) is 3.08. The van der Waals surface area contributed by atoms with Crippen molar-refractivity contribution in [2.75, 3.05) is 50.4 Å². The van der Waals surface area contributed by atoms with Crippen LogP contribution in [-0.2, 0) is 16.1 Å². The predicted octanol–water partition coefficient (Wildman–Crippen LogP) is 1.29. The molecular weight excluding hydrogens is 370 g/mol. The number of quaternary nitrogens is 1. The summed E-state index contributed by atoms with van der Waals surface area (Å²) in [7, 11) is 2.02. The van der Waals surface area contributed by atoms with E-state index in [1.54, 1.807) is 0 Å². The molecule has 1 unspecified atom stereocenters. The second-order valence-corrected chi connectivity index (χ2v) is 7.57. The molecule has 0 aromatic heterocycles. The first kappa shape index (κ1) is 19.5. The molecule has 2 heterocycles. The molecule has 0 saturated carbocycles. The Kier molecular flexibility index (Phi) is 5.87. The Balaban J connectivity index is 1.32. The Labute approximate surface area is 171 Å². The number of ether oxygens (including phenoxy) is 3. The number of carbonyl (C=O) groups is 1. The highest BCUT2D eigenvalue weighted by Gasteiger charge is 2.23. The highest BCUT2D eigenvalue weighted by Crippen LogP contribution is 2.32. The molecule has 2 aromatic carbocycles. The average Bonchev–Trinajstić information content (AvgIpc) is 3.22. The molecule has 0 bridgehead atoms. The van der Waals surface area contributed by atoms with Crippen LogP contribution in [-0.4, -0.2) is 52.1 Å². The van der Waals surface area contributed by atoms with E-state index in [9.17, 15) is 4.79 Å². The third-order valence-corrected chi connectivity index (χ3v) is 5.56. The van der Waals surface area contributed by atoms with Gasteiger partial charge in [0.25, 0.3) is 5.91 Å². The minimum Gasteiger partial charge on any atom is -0.454 e. The molecule has 1 fully saturated rings. The van der Waals surface area contributed by atoms with E-state index in [1.165, 1.54) is 0 Å². The number of amides is 1. The molecule has 0 aliphatic carbocycles. The Morgan fingerprint density at radius 3 is 2.59 bits per heavy atom. The number of nitrogens with zero attached hydrogens (tertiary/aromatic N) is 1. The molecule has 4 rings (SSSR count). The van der Waals surface area contributed by atoms with Crippen molar-refractivity contribution in [2.45, 2.75) is 19.5 Å². The number of carbonyl (C=O) groups excluding carboxylic acids is 1. The standard InChI is InChI=1S/C22H27N3O4/c1-16(24(2)14-17-3-8-20-21(13-17)29-15-28-20)22(26)23-18-4-6-19(7-5-18)25-9-11-27-12-10-25/h3-8,13,16H,9-12,14-15H2,1-2H3,(H,23,26)/p+1/t16-/m1/s1. The van der Waals surface area contributed by atoms with Crippen molar-refractivity contribution >= 4 is 17.3 Å². The first-order valence-corrected chi connectivity index (χ1v) is 10.0. The fourth-order valence-electron chi connectivity index (χ4n) is 3.58. The van der Waals surface area contributed by atoms with E-state index in [1.807, 2.05) is 44.3 Å². The zero-order valence-corrected chi connectivity index (χ0v) is 16.9. The Morgan fingerprint density at radius 1 is 1.10 bits per heavy atom. The zero-order valence-electron chi connectivity index (χ0n) is 16.9. The van der Waals surface area contributed by atoms with Crippen LogP contribution in [0.1, 0.15) is 12.5 Å². The van der Waals surface area contributed by atoms with Gasteiger partial charge in [-0.1, -0.05) is 0 Å². The zero-order chi connectivity index (χ0) is 20.2. The monoisotopic (exact) mass is 398 g/mol. The van der Waals surface area contributed by atoms with E-state index in [4.69, 9.17) is 14.2 Å². The topological polar surface area (TPSA) is 64.5 Å². The van der Waals surface area contributed by atoms with Crippen molar-refractivity contribution in [3.63, 3.8) is 0 Å². The Hall–Kier alpha value is -2.77. The van der Waals surface area contributed by atoms with Gasteiger partial charge in [-0.2, -0.15) is 0 Å². The summed E-state index contributed by atoms with van der Waals surface area (Å²) in [6, 6.07) is 13.8. The van der Waals surface area contributed by atoms with Gasteiger partial charge in [0, 0.05) is 30.0 Å². The summed E-state index contributed by atoms with van der Waals surface area (Å²) in [5.74, 6) is 1.55. The van der Waals surface area contributed by atoms with Crippen molar-refractivity contribution in [3.8, 4) is 11.5 Å². The van der Waals surface area contributed by atoms with Crippen LogP contribution in [0.4, 0.5) is 11.4 Å². The third kappa shape index (κ3) is 4.63. The lowest BCUT2D eigenvalue weighted by atomic mass is 10.1. The number of benzene rings is 2. The number of fused-ring (bicyclic) bond motifs is 1. The molecule has 2 N–H and O–H groups in total. The fourth-order valence-corrected chi connectivity index (χ4v) is 3.58. The summed E-state index contributed by atoms with van der Waals surface area (Å²) in [4.78, 5) is 16.1. The molecule has 2 aliphatic heterocycles. The van der Waals surface area contributed by atoms with Crippen LogP contribution in [0.3, 0.4) is 0 Å². The first-order chi connectivity index (χ1) is 14.1. The molecule has 154 valence electrons. The van der Waals surface area contributed by atoms with Crippen molar-refractivity contribution in [2.24, 2.45) is 0 Å². The van der Waals surface area contributed by atoms with Crippen LogP contribution < -0.4 is 24.6 Å². The molecule has 2 atom stereocenters. The molecule has 29 heavy (non-hydrogen) atoms. The van der Waals surface area contributed by atoms with Crippen LogP contribution in [0.5, 0.6) is 11.5 Å². The van der Waals surface area contributed by atoms with Gasteiger partial charge in [0.1, 0.15) is 6.54 Å². The molecule has 2 aliphatic rings. The quantitative estimate of drug-likeness (QED) is 0.768. The molecule has 7 heteroatoms.